The van der Waals surface area contributed by atoms with Crippen LogP contribution in [0.25, 0.3) is 0 Å². The Morgan fingerprint density at radius 2 is 1.95 bits per heavy atom. The zero-order chi connectivity index (χ0) is 15.6. The van der Waals surface area contributed by atoms with E-state index in [0.29, 0.717) is 13.0 Å². The first-order valence-electron chi connectivity index (χ1n) is 7.63. The van der Waals surface area contributed by atoms with Crippen LogP contribution >= 0.6 is 0 Å². The number of hydrogen-bond donors (Lipinski definition) is 1. The summed E-state index contributed by atoms with van der Waals surface area (Å²) in [5.74, 6) is 0.869. The lowest BCUT2D eigenvalue weighted by atomic mass is 10.1. The highest BCUT2D eigenvalue weighted by Gasteiger charge is 1.99. The number of nitrogens with one attached hydrogen (secondary N) is 1. The van der Waals surface area contributed by atoms with Gasteiger partial charge in [-0.1, -0.05) is 36.4 Å². The Bertz CT molecular complexity index is 631. The zero-order valence-electron chi connectivity index (χ0n) is 13.0. The minimum Gasteiger partial charge on any atom is -0.494 e. The van der Waals surface area contributed by atoms with Crippen molar-refractivity contribution < 1.29 is 4.74 Å². The lowest BCUT2D eigenvalue weighted by Gasteiger charge is -2.10. The zero-order valence-corrected chi connectivity index (χ0v) is 13.0. The highest BCUT2D eigenvalue weighted by Crippen LogP contribution is 2.14. The van der Waals surface area contributed by atoms with Crippen LogP contribution in [0.1, 0.15) is 29.5 Å². The quantitative estimate of drug-likeness (QED) is 0.749. The molecule has 22 heavy (non-hydrogen) atoms. The molecule has 0 radical (unpaired) electrons. The van der Waals surface area contributed by atoms with Crippen molar-refractivity contribution >= 4 is 0 Å². The molecule has 0 amide bonds. The maximum absolute atomic E-state index is 8.50. The van der Waals surface area contributed by atoms with Crippen molar-refractivity contribution in [1.29, 1.82) is 5.26 Å². The van der Waals surface area contributed by atoms with Crippen LogP contribution in [-0.4, -0.2) is 6.61 Å². The number of unbranched alkanes of at least 4 members (excludes halogenated alkanes) is 1. The number of hydrogen-bond acceptors (Lipinski definition) is 3. The van der Waals surface area contributed by atoms with Crippen molar-refractivity contribution in [1.82, 2.24) is 5.32 Å². The van der Waals surface area contributed by atoms with Crippen LogP contribution in [-0.2, 0) is 13.1 Å². The second kappa shape index (κ2) is 8.86. The first kappa shape index (κ1) is 16.1. The predicted octanol–water partition coefficient (Wildman–Crippen LogP) is 3.97. The molecule has 0 heterocycles. The van der Waals surface area contributed by atoms with Gasteiger partial charge in [-0.25, -0.2) is 0 Å². The standard InChI is InChI=1S/C19H22N2O/c1-16-7-2-3-9-18(16)15-21-14-17-8-6-10-19(13-17)22-12-5-4-11-20/h2-3,6-10,13,21H,4-5,12,14-15H2,1H3. The summed E-state index contributed by atoms with van der Waals surface area (Å²) in [7, 11) is 0. The number of nitrogens with zero attached hydrogens (tertiary/aromatic N) is 1. The third kappa shape index (κ3) is 5.23. The normalized spacial score (nSPS) is 10.2. The first-order valence-corrected chi connectivity index (χ1v) is 7.63. The minimum absolute atomic E-state index is 0.539. The molecule has 3 nitrogen and oxygen atoms in total. The molecule has 0 aliphatic carbocycles. The van der Waals surface area contributed by atoms with Gasteiger partial charge in [0, 0.05) is 19.5 Å². The summed E-state index contributed by atoms with van der Waals surface area (Å²) in [5, 5.41) is 12.0. The molecule has 2 rings (SSSR count). The highest BCUT2D eigenvalue weighted by atomic mass is 16.5. The van der Waals surface area contributed by atoms with Crippen LogP contribution in [0.2, 0.25) is 0 Å². The van der Waals surface area contributed by atoms with Crippen molar-refractivity contribution in [3.8, 4) is 11.8 Å². The SMILES string of the molecule is Cc1ccccc1CNCc1cccc(OCCCC#N)c1. The largest absolute Gasteiger partial charge is 0.494 e. The first-order chi connectivity index (χ1) is 10.8. The fourth-order valence-corrected chi connectivity index (χ4v) is 2.24. The van der Waals surface area contributed by atoms with Gasteiger partial charge in [0.2, 0.25) is 0 Å². The lowest BCUT2D eigenvalue weighted by molar-refractivity contribution is 0.312. The fraction of sp³-hybridized carbons (Fsp3) is 0.316. The number of benzene rings is 2. The molecule has 0 saturated carbocycles. The Morgan fingerprint density at radius 3 is 2.77 bits per heavy atom. The van der Waals surface area contributed by atoms with E-state index < -0.39 is 0 Å². The molecule has 0 aliphatic heterocycles. The number of nitriles is 1. The number of aryl methyl sites for hydroxylation is 1. The molecule has 3 heteroatoms. The molecular weight excluding hydrogens is 272 g/mol. The van der Waals surface area contributed by atoms with Crippen LogP contribution in [0, 0.1) is 18.3 Å². The van der Waals surface area contributed by atoms with Crippen LogP contribution in [0.5, 0.6) is 5.75 Å². The van der Waals surface area contributed by atoms with E-state index in [0.717, 1.165) is 25.3 Å². The third-order valence-corrected chi connectivity index (χ3v) is 3.51. The van der Waals surface area contributed by atoms with Gasteiger partial charge in [0.25, 0.3) is 0 Å². The number of ether oxygens (including phenoxy) is 1. The van der Waals surface area contributed by atoms with E-state index >= 15 is 0 Å². The monoisotopic (exact) mass is 294 g/mol. The van der Waals surface area contributed by atoms with Gasteiger partial charge in [-0.05, 0) is 42.2 Å². The average molecular weight is 294 g/mol. The van der Waals surface area contributed by atoms with Crippen molar-refractivity contribution in [2.45, 2.75) is 32.9 Å². The molecule has 2 aromatic carbocycles. The van der Waals surface area contributed by atoms with Crippen molar-refractivity contribution in [3.05, 3.63) is 65.2 Å². The van der Waals surface area contributed by atoms with Crippen molar-refractivity contribution in [2.75, 3.05) is 6.61 Å². The Morgan fingerprint density at radius 1 is 1.09 bits per heavy atom. The van der Waals surface area contributed by atoms with Gasteiger partial charge in [0.15, 0.2) is 0 Å². The summed E-state index contributed by atoms with van der Waals surface area (Å²) >= 11 is 0. The lowest BCUT2D eigenvalue weighted by Crippen LogP contribution is -2.13. The Kier molecular flexibility index (Phi) is 6.47. The Hall–Kier alpha value is -2.31. The minimum atomic E-state index is 0.539. The molecule has 1 N–H and O–H groups in total. The van der Waals surface area contributed by atoms with Gasteiger partial charge in [-0.2, -0.15) is 5.26 Å². The summed E-state index contributed by atoms with van der Waals surface area (Å²) in [6.45, 7) is 4.39. The van der Waals surface area contributed by atoms with Crippen LogP contribution < -0.4 is 10.1 Å². The van der Waals surface area contributed by atoms with E-state index in [9.17, 15) is 0 Å². The van der Waals surface area contributed by atoms with E-state index in [2.05, 4.69) is 54.7 Å². The maximum Gasteiger partial charge on any atom is 0.119 e. The summed E-state index contributed by atoms with van der Waals surface area (Å²) in [6.07, 6.45) is 1.31. The van der Waals surface area contributed by atoms with E-state index in [-0.39, 0.29) is 0 Å². The maximum atomic E-state index is 8.50. The molecule has 0 aromatic heterocycles. The molecule has 0 unspecified atom stereocenters. The third-order valence-electron chi connectivity index (χ3n) is 3.51. The molecule has 0 spiro atoms. The Balaban J connectivity index is 1.80. The van der Waals surface area contributed by atoms with Gasteiger partial charge in [-0.15, -0.1) is 0 Å². The molecular formula is C19H22N2O. The van der Waals surface area contributed by atoms with Gasteiger partial charge >= 0.3 is 0 Å². The molecule has 0 saturated heterocycles. The van der Waals surface area contributed by atoms with Crippen LogP contribution in [0.4, 0.5) is 0 Å². The van der Waals surface area contributed by atoms with E-state index in [1.807, 2.05) is 12.1 Å². The molecule has 0 atom stereocenters. The summed E-state index contributed by atoms with van der Waals surface area (Å²) < 4.78 is 5.65. The van der Waals surface area contributed by atoms with Crippen LogP contribution in [0.3, 0.4) is 0 Å². The van der Waals surface area contributed by atoms with Gasteiger partial charge < -0.3 is 10.1 Å². The second-order valence-electron chi connectivity index (χ2n) is 5.29. The van der Waals surface area contributed by atoms with E-state index in [1.54, 1.807) is 0 Å². The molecule has 0 fully saturated rings. The molecule has 114 valence electrons. The smallest absolute Gasteiger partial charge is 0.119 e. The van der Waals surface area contributed by atoms with Crippen molar-refractivity contribution in [2.24, 2.45) is 0 Å². The van der Waals surface area contributed by atoms with Gasteiger partial charge in [-0.3, -0.25) is 0 Å². The van der Waals surface area contributed by atoms with E-state index in [4.69, 9.17) is 10.00 Å². The highest BCUT2D eigenvalue weighted by molar-refractivity contribution is 5.29. The van der Waals surface area contributed by atoms with Gasteiger partial charge in [0.1, 0.15) is 5.75 Å². The van der Waals surface area contributed by atoms with Crippen LogP contribution in [0.15, 0.2) is 48.5 Å². The summed E-state index contributed by atoms with van der Waals surface area (Å²) in [4.78, 5) is 0. The van der Waals surface area contributed by atoms with E-state index in [1.165, 1.54) is 16.7 Å². The number of rotatable bonds is 8. The second-order valence-corrected chi connectivity index (χ2v) is 5.29. The molecule has 0 bridgehead atoms. The Labute approximate surface area is 132 Å². The average Bonchev–Trinajstić information content (AvgIpc) is 2.54. The fourth-order valence-electron chi connectivity index (χ4n) is 2.24. The summed E-state index contributed by atoms with van der Waals surface area (Å²) in [5.41, 5.74) is 3.84. The van der Waals surface area contributed by atoms with Gasteiger partial charge in [0.05, 0.1) is 12.7 Å². The molecule has 2 aromatic rings. The molecule has 0 aliphatic rings. The van der Waals surface area contributed by atoms with Crippen molar-refractivity contribution in [3.63, 3.8) is 0 Å². The topological polar surface area (TPSA) is 45.0 Å². The summed E-state index contributed by atoms with van der Waals surface area (Å²) in [6, 6.07) is 18.6. The predicted molar refractivity (Wildman–Crippen MR) is 88.5 cm³/mol.